The van der Waals surface area contributed by atoms with Crippen molar-refractivity contribution in [2.24, 2.45) is 11.7 Å². The summed E-state index contributed by atoms with van der Waals surface area (Å²) in [6.45, 7) is 2.26. The fourth-order valence-corrected chi connectivity index (χ4v) is 3.05. The Balaban J connectivity index is 1.50. The molecule has 6 nitrogen and oxygen atoms in total. The van der Waals surface area contributed by atoms with Crippen molar-refractivity contribution in [2.45, 2.75) is 56.8 Å². The molecule has 1 amide bonds. The van der Waals surface area contributed by atoms with E-state index >= 15 is 0 Å². The molecule has 4 N–H and O–H groups in total. The Labute approximate surface area is 126 Å². The predicted molar refractivity (Wildman–Crippen MR) is 78.7 cm³/mol. The van der Waals surface area contributed by atoms with E-state index in [1.807, 2.05) is 0 Å². The average Bonchev–Trinajstić information content (AvgIpc) is 2.99. The van der Waals surface area contributed by atoms with Gasteiger partial charge in [0.25, 0.3) is 0 Å². The third-order valence-electron chi connectivity index (χ3n) is 4.41. The minimum Gasteiger partial charge on any atom is -0.389 e. The van der Waals surface area contributed by atoms with Crippen molar-refractivity contribution in [3.63, 3.8) is 0 Å². The lowest BCUT2D eigenvalue weighted by molar-refractivity contribution is -0.122. The van der Waals surface area contributed by atoms with Gasteiger partial charge < -0.3 is 25.6 Å². The molecule has 0 aromatic rings. The second-order valence-electron chi connectivity index (χ2n) is 6.19. The lowest BCUT2D eigenvalue weighted by atomic mass is 9.85. The quantitative estimate of drug-likeness (QED) is 0.594. The number of hydrogen-bond acceptors (Lipinski definition) is 5. The van der Waals surface area contributed by atoms with Crippen LogP contribution < -0.4 is 11.1 Å². The van der Waals surface area contributed by atoms with E-state index in [1.54, 1.807) is 0 Å². The number of carbonyl (C=O) groups is 1. The number of nitrogens with two attached hydrogens (primary N) is 1. The van der Waals surface area contributed by atoms with Gasteiger partial charge in [0.1, 0.15) is 0 Å². The highest BCUT2D eigenvalue weighted by atomic mass is 16.5. The first-order valence-electron chi connectivity index (χ1n) is 8.05. The summed E-state index contributed by atoms with van der Waals surface area (Å²) in [6.07, 6.45) is 5.43. The summed E-state index contributed by atoms with van der Waals surface area (Å²) in [4.78, 5) is 11.1. The van der Waals surface area contributed by atoms with Gasteiger partial charge in [0.05, 0.1) is 25.4 Å². The van der Waals surface area contributed by atoms with Crippen LogP contribution in [0.15, 0.2) is 0 Å². The van der Waals surface area contributed by atoms with E-state index < -0.39 is 6.10 Å². The highest BCUT2D eigenvalue weighted by Gasteiger charge is 2.24. The first-order chi connectivity index (χ1) is 10.1. The Morgan fingerprint density at radius 1 is 1.33 bits per heavy atom. The molecule has 1 aliphatic carbocycles. The monoisotopic (exact) mass is 300 g/mol. The van der Waals surface area contributed by atoms with Crippen LogP contribution in [0.3, 0.4) is 0 Å². The van der Waals surface area contributed by atoms with E-state index in [-0.39, 0.29) is 17.9 Å². The summed E-state index contributed by atoms with van der Waals surface area (Å²) in [5.41, 5.74) is 5.32. The molecule has 2 fully saturated rings. The van der Waals surface area contributed by atoms with E-state index in [4.69, 9.17) is 15.2 Å². The number of primary amides is 1. The molecule has 1 saturated heterocycles. The average molecular weight is 300 g/mol. The van der Waals surface area contributed by atoms with Crippen LogP contribution in [-0.4, -0.2) is 55.6 Å². The normalized spacial score (nSPS) is 31.2. The summed E-state index contributed by atoms with van der Waals surface area (Å²) in [5.74, 6) is -0.154. The van der Waals surface area contributed by atoms with Gasteiger partial charge in [-0.1, -0.05) is 0 Å². The van der Waals surface area contributed by atoms with E-state index in [9.17, 15) is 9.90 Å². The fraction of sp³-hybridized carbons (Fsp3) is 0.933. The molecule has 2 rings (SSSR count). The van der Waals surface area contributed by atoms with Gasteiger partial charge in [-0.05, 0) is 38.5 Å². The van der Waals surface area contributed by atoms with Gasteiger partial charge in [0, 0.05) is 25.1 Å². The molecule has 0 aromatic heterocycles. The van der Waals surface area contributed by atoms with Crippen molar-refractivity contribution in [1.82, 2.24) is 5.32 Å². The van der Waals surface area contributed by atoms with E-state index in [0.29, 0.717) is 25.8 Å². The summed E-state index contributed by atoms with van der Waals surface area (Å²) in [5, 5.41) is 13.2. The van der Waals surface area contributed by atoms with Gasteiger partial charge >= 0.3 is 0 Å². The largest absolute Gasteiger partial charge is 0.389 e. The molecule has 1 saturated carbocycles. The van der Waals surface area contributed by atoms with Crippen molar-refractivity contribution >= 4 is 5.91 Å². The number of amides is 1. The van der Waals surface area contributed by atoms with Crippen LogP contribution in [0.25, 0.3) is 0 Å². The van der Waals surface area contributed by atoms with Gasteiger partial charge in [0.2, 0.25) is 5.91 Å². The Bertz CT molecular complexity index is 313. The number of ether oxygens (including phenoxy) is 2. The van der Waals surface area contributed by atoms with Crippen LogP contribution in [0.2, 0.25) is 0 Å². The molecule has 21 heavy (non-hydrogen) atoms. The Hall–Kier alpha value is -0.690. The van der Waals surface area contributed by atoms with Crippen molar-refractivity contribution < 1.29 is 19.4 Å². The van der Waals surface area contributed by atoms with E-state index in [0.717, 1.165) is 45.1 Å². The molecule has 1 heterocycles. The second-order valence-corrected chi connectivity index (χ2v) is 6.19. The number of rotatable bonds is 8. The van der Waals surface area contributed by atoms with Gasteiger partial charge in [-0.25, -0.2) is 0 Å². The molecule has 6 heteroatoms. The lowest BCUT2D eigenvalue weighted by Gasteiger charge is -2.28. The zero-order chi connectivity index (χ0) is 15.1. The first kappa shape index (κ1) is 16.7. The summed E-state index contributed by atoms with van der Waals surface area (Å²) in [7, 11) is 0. The van der Waals surface area contributed by atoms with Gasteiger partial charge in [-0.15, -0.1) is 0 Å². The van der Waals surface area contributed by atoms with Crippen molar-refractivity contribution in [3.05, 3.63) is 0 Å². The highest BCUT2D eigenvalue weighted by molar-refractivity contribution is 5.76. The maximum Gasteiger partial charge on any atom is 0.220 e. The second kappa shape index (κ2) is 8.68. The summed E-state index contributed by atoms with van der Waals surface area (Å²) in [6, 6.07) is 0.369. The van der Waals surface area contributed by atoms with Gasteiger partial charge in [-0.3, -0.25) is 4.79 Å². The Morgan fingerprint density at radius 2 is 2.10 bits per heavy atom. The molecule has 0 radical (unpaired) electrons. The van der Waals surface area contributed by atoms with Crippen molar-refractivity contribution in [2.75, 3.05) is 26.4 Å². The van der Waals surface area contributed by atoms with E-state index in [1.165, 1.54) is 0 Å². The molecule has 2 atom stereocenters. The topological polar surface area (TPSA) is 93.8 Å². The van der Waals surface area contributed by atoms with Gasteiger partial charge in [-0.2, -0.15) is 0 Å². The minimum atomic E-state index is -0.500. The van der Waals surface area contributed by atoms with Crippen molar-refractivity contribution in [3.8, 4) is 0 Å². The molecule has 2 unspecified atom stereocenters. The highest BCUT2D eigenvalue weighted by Crippen LogP contribution is 2.23. The Morgan fingerprint density at radius 3 is 2.71 bits per heavy atom. The number of aliphatic hydroxyl groups excluding tert-OH is 1. The summed E-state index contributed by atoms with van der Waals surface area (Å²) < 4.78 is 11.0. The van der Waals surface area contributed by atoms with Crippen LogP contribution >= 0.6 is 0 Å². The van der Waals surface area contributed by atoms with Crippen LogP contribution in [0, 0.1) is 5.92 Å². The number of carbonyl (C=O) groups excluding carboxylic acids is 1. The third-order valence-corrected chi connectivity index (χ3v) is 4.41. The molecular formula is C15H28N2O4. The predicted octanol–water partition coefficient (Wildman–Crippen LogP) is 0.177. The zero-order valence-electron chi connectivity index (χ0n) is 12.6. The van der Waals surface area contributed by atoms with Crippen LogP contribution in [0.5, 0.6) is 0 Å². The number of hydrogen-bond donors (Lipinski definition) is 3. The zero-order valence-corrected chi connectivity index (χ0v) is 12.6. The molecular weight excluding hydrogens is 272 g/mol. The molecule has 122 valence electrons. The number of aliphatic hydroxyl groups is 1. The standard InChI is InChI=1S/C15H28N2O4/c16-15(19)11-3-5-12(6-4-11)17-8-13(18)9-20-10-14-2-1-7-21-14/h11-14,17-18H,1-10H2,(H2,16,19). The molecule has 0 spiro atoms. The molecule has 0 bridgehead atoms. The smallest absolute Gasteiger partial charge is 0.220 e. The maximum absolute atomic E-state index is 11.1. The first-order valence-corrected chi connectivity index (χ1v) is 8.05. The Kier molecular flexibility index (Phi) is 6.89. The third kappa shape index (κ3) is 5.90. The van der Waals surface area contributed by atoms with Crippen LogP contribution in [0.4, 0.5) is 0 Å². The maximum atomic E-state index is 11.1. The molecule has 2 aliphatic rings. The van der Waals surface area contributed by atoms with E-state index in [2.05, 4.69) is 5.32 Å². The minimum absolute atomic E-state index is 0.0303. The molecule has 0 aromatic carbocycles. The van der Waals surface area contributed by atoms with Crippen LogP contribution in [-0.2, 0) is 14.3 Å². The van der Waals surface area contributed by atoms with Crippen LogP contribution in [0.1, 0.15) is 38.5 Å². The van der Waals surface area contributed by atoms with Gasteiger partial charge in [0.15, 0.2) is 0 Å². The number of nitrogens with one attached hydrogen (secondary N) is 1. The molecule has 1 aliphatic heterocycles. The van der Waals surface area contributed by atoms with Crippen molar-refractivity contribution in [1.29, 1.82) is 0 Å². The SMILES string of the molecule is NC(=O)C1CCC(NCC(O)COCC2CCCO2)CC1. The fourth-order valence-electron chi connectivity index (χ4n) is 3.05. The summed E-state index contributed by atoms with van der Waals surface area (Å²) >= 11 is 0. The lowest BCUT2D eigenvalue weighted by Crippen LogP contribution is -2.41.